The van der Waals surface area contributed by atoms with Gasteiger partial charge in [-0.3, -0.25) is 9.88 Å². The number of hydrogen-bond donors (Lipinski definition) is 1. The highest BCUT2D eigenvalue weighted by atomic mass is 19.1. The summed E-state index contributed by atoms with van der Waals surface area (Å²) in [6.45, 7) is 4.30. The van der Waals surface area contributed by atoms with Crippen molar-refractivity contribution in [3.05, 3.63) is 60.2 Å². The summed E-state index contributed by atoms with van der Waals surface area (Å²) in [7, 11) is 0. The van der Waals surface area contributed by atoms with Crippen LogP contribution in [0.15, 0.2) is 48.8 Å². The van der Waals surface area contributed by atoms with Gasteiger partial charge in [0.25, 0.3) is 0 Å². The second kappa shape index (κ2) is 6.85. The van der Waals surface area contributed by atoms with Gasteiger partial charge < -0.3 is 10.6 Å². The predicted molar refractivity (Wildman–Crippen MR) is 86.2 cm³/mol. The average molecular weight is 300 g/mol. The molecule has 1 saturated heterocycles. The molecule has 0 radical (unpaired) electrons. The number of aromatic nitrogens is 1. The topological polar surface area (TPSA) is 45.4 Å². The van der Waals surface area contributed by atoms with Gasteiger partial charge in [0, 0.05) is 56.8 Å². The van der Waals surface area contributed by atoms with E-state index in [1.807, 2.05) is 24.4 Å². The molecule has 1 aliphatic rings. The summed E-state index contributed by atoms with van der Waals surface area (Å²) in [6.07, 6.45) is 3.67. The van der Waals surface area contributed by atoms with Crippen LogP contribution in [-0.2, 0) is 0 Å². The van der Waals surface area contributed by atoms with Crippen LogP contribution in [0.4, 0.5) is 10.1 Å². The first-order chi connectivity index (χ1) is 10.8. The van der Waals surface area contributed by atoms with Crippen molar-refractivity contribution in [1.29, 1.82) is 0 Å². The molecular weight excluding hydrogens is 279 g/mol. The largest absolute Gasteiger partial charge is 0.369 e. The quantitative estimate of drug-likeness (QED) is 0.938. The van der Waals surface area contributed by atoms with Gasteiger partial charge in [-0.05, 0) is 35.9 Å². The van der Waals surface area contributed by atoms with Crippen LogP contribution in [0.1, 0.15) is 11.6 Å². The van der Waals surface area contributed by atoms with E-state index in [1.54, 1.807) is 6.20 Å². The number of benzene rings is 1. The van der Waals surface area contributed by atoms with Crippen molar-refractivity contribution in [1.82, 2.24) is 9.88 Å². The number of piperazine rings is 1. The average Bonchev–Trinajstić information content (AvgIpc) is 2.58. The molecule has 4 nitrogen and oxygen atoms in total. The highest BCUT2D eigenvalue weighted by Crippen LogP contribution is 2.23. The molecule has 2 aromatic rings. The zero-order valence-corrected chi connectivity index (χ0v) is 12.5. The van der Waals surface area contributed by atoms with E-state index in [2.05, 4.69) is 20.9 Å². The summed E-state index contributed by atoms with van der Waals surface area (Å²) in [5, 5.41) is 0. The van der Waals surface area contributed by atoms with Crippen molar-refractivity contribution >= 4 is 5.69 Å². The molecule has 2 heterocycles. The Morgan fingerprint density at radius 1 is 1.09 bits per heavy atom. The van der Waals surface area contributed by atoms with E-state index in [0.717, 1.165) is 31.9 Å². The second-order valence-electron chi connectivity index (χ2n) is 5.54. The fourth-order valence-electron chi connectivity index (χ4n) is 3.01. The molecule has 0 aliphatic carbocycles. The Hall–Kier alpha value is -1.98. The van der Waals surface area contributed by atoms with E-state index in [4.69, 9.17) is 5.73 Å². The first kappa shape index (κ1) is 14.9. The molecule has 0 amide bonds. The standard InChI is InChI=1S/C17H21FN4/c18-15-3-5-16(6-4-15)21-8-10-22(11-9-21)17(12-19)14-2-1-7-20-13-14/h1-7,13,17H,8-12,19H2. The van der Waals surface area contributed by atoms with E-state index < -0.39 is 0 Å². The van der Waals surface area contributed by atoms with E-state index >= 15 is 0 Å². The maximum absolute atomic E-state index is 13.0. The fraction of sp³-hybridized carbons (Fsp3) is 0.353. The van der Waals surface area contributed by atoms with Gasteiger partial charge in [-0.1, -0.05) is 6.07 Å². The lowest BCUT2D eigenvalue weighted by atomic mass is 10.1. The molecule has 2 N–H and O–H groups in total. The first-order valence-corrected chi connectivity index (χ1v) is 7.62. The van der Waals surface area contributed by atoms with Gasteiger partial charge in [-0.15, -0.1) is 0 Å². The van der Waals surface area contributed by atoms with E-state index in [0.29, 0.717) is 6.54 Å². The summed E-state index contributed by atoms with van der Waals surface area (Å²) in [6, 6.07) is 11.0. The molecule has 1 aliphatic heterocycles. The predicted octanol–water partition coefficient (Wildman–Crippen LogP) is 2.04. The van der Waals surface area contributed by atoms with E-state index in [9.17, 15) is 4.39 Å². The molecule has 0 saturated carbocycles. The van der Waals surface area contributed by atoms with Crippen LogP contribution >= 0.6 is 0 Å². The van der Waals surface area contributed by atoms with Crippen molar-refractivity contribution in [2.75, 3.05) is 37.6 Å². The lowest BCUT2D eigenvalue weighted by Crippen LogP contribution is -2.49. The molecule has 1 aromatic heterocycles. The molecule has 0 bridgehead atoms. The van der Waals surface area contributed by atoms with Gasteiger partial charge in [-0.25, -0.2) is 4.39 Å². The minimum Gasteiger partial charge on any atom is -0.369 e. The Kier molecular flexibility index (Phi) is 4.65. The van der Waals surface area contributed by atoms with Gasteiger partial charge in [0.2, 0.25) is 0 Å². The molecule has 1 aromatic carbocycles. The zero-order valence-electron chi connectivity index (χ0n) is 12.5. The minimum absolute atomic E-state index is 0.192. The molecule has 0 spiro atoms. The minimum atomic E-state index is -0.192. The maximum atomic E-state index is 13.0. The van der Waals surface area contributed by atoms with Gasteiger partial charge in [-0.2, -0.15) is 0 Å². The first-order valence-electron chi connectivity index (χ1n) is 7.62. The van der Waals surface area contributed by atoms with E-state index in [-0.39, 0.29) is 11.9 Å². The fourth-order valence-corrected chi connectivity index (χ4v) is 3.01. The van der Waals surface area contributed by atoms with Crippen LogP contribution in [0.25, 0.3) is 0 Å². The van der Waals surface area contributed by atoms with Crippen molar-refractivity contribution in [2.24, 2.45) is 5.73 Å². The van der Waals surface area contributed by atoms with Crippen LogP contribution in [-0.4, -0.2) is 42.6 Å². The Morgan fingerprint density at radius 2 is 1.82 bits per heavy atom. The SMILES string of the molecule is NCC(c1cccnc1)N1CCN(c2ccc(F)cc2)CC1. The van der Waals surface area contributed by atoms with E-state index in [1.165, 1.54) is 17.7 Å². The number of nitrogens with zero attached hydrogens (tertiary/aromatic N) is 3. The Morgan fingerprint density at radius 3 is 2.41 bits per heavy atom. The highest BCUT2D eigenvalue weighted by Gasteiger charge is 2.24. The second-order valence-corrected chi connectivity index (χ2v) is 5.54. The maximum Gasteiger partial charge on any atom is 0.123 e. The molecule has 1 unspecified atom stereocenters. The summed E-state index contributed by atoms with van der Waals surface area (Å²) >= 11 is 0. The van der Waals surface area contributed by atoms with Crippen LogP contribution in [0.5, 0.6) is 0 Å². The lowest BCUT2D eigenvalue weighted by molar-refractivity contribution is 0.190. The molecule has 5 heteroatoms. The van der Waals surface area contributed by atoms with Gasteiger partial charge in [0.15, 0.2) is 0 Å². The normalized spacial score (nSPS) is 17.5. The van der Waals surface area contributed by atoms with Crippen LogP contribution in [0, 0.1) is 5.82 Å². The van der Waals surface area contributed by atoms with Gasteiger partial charge >= 0.3 is 0 Å². The molecule has 116 valence electrons. The lowest BCUT2D eigenvalue weighted by Gasteiger charge is -2.40. The summed E-state index contributed by atoms with van der Waals surface area (Å²) < 4.78 is 13.0. The Balaban J connectivity index is 1.64. The molecule has 3 rings (SSSR count). The van der Waals surface area contributed by atoms with Crippen molar-refractivity contribution < 1.29 is 4.39 Å². The number of halogens is 1. The number of nitrogens with two attached hydrogens (primary N) is 1. The molecule has 22 heavy (non-hydrogen) atoms. The molecule has 1 atom stereocenters. The number of hydrogen-bond acceptors (Lipinski definition) is 4. The van der Waals surface area contributed by atoms with Gasteiger partial charge in [0.1, 0.15) is 5.82 Å². The zero-order chi connectivity index (χ0) is 15.4. The monoisotopic (exact) mass is 300 g/mol. The third-order valence-electron chi connectivity index (χ3n) is 4.24. The smallest absolute Gasteiger partial charge is 0.123 e. The molecule has 1 fully saturated rings. The van der Waals surface area contributed by atoms with Crippen molar-refractivity contribution in [3.8, 4) is 0 Å². The van der Waals surface area contributed by atoms with Crippen LogP contribution in [0.2, 0.25) is 0 Å². The third-order valence-corrected chi connectivity index (χ3v) is 4.24. The van der Waals surface area contributed by atoms with Crippen LogP contribution in [0.3, 0.4) is 0 Å². The van der Waals surface area contributed by atoms with Crippen molar-refractivity contribution in [3.63, 3.8) is 0 Å². The summed E-state index contributed by atoms with van der Waals surface area (Å²) in [5.41, 5.74) is 8.22. The molecular formula is C17H21FN4. The van der Waals surface area contributed by atoms with Crippen LogP contribution < -0.4 is 10.6 Å². The third kappa shape index (κ3) is 3.26. The number of rotatable bonds is 4. The number of anilines is 1. The summed E-state index contributed by atoms with van der Waals surface area (Å²) in [4.78, 5) is 8.88. The highest BCUT2D eigenvalue weighted by molar-refractivity contribution is 5.46. The van der Waals surface area contributed by atoms with Crippen molar-refractivity contribution in [2.45, 2.75) is 6.04 Å². The summed E-state index contributed by atoms with van der Waals surface area (Å²) in [5.74, 6) is -0.192. The Bertz CT molecular complexity index is 579. The number of pyridine rings is 1. The Labute approximate surface area is 130 Å². The van der Waals surface area contributed by atoms with Gasteiger partial charge in [0.05, 0.1) is 0 Å².